The molecule has 0 saturated heterocycles. The summed E-state index contributed by atoms with van der Waals surface area (Å²) in [6.07, 6.45) is 1.59. The minimum absolute atomic E-state index is 0.189. The number of anilines is 2. The Labute approximate surface area is 110 Å². The maximum absolute atomic E-state index is 13.2. The number of benzene rings is 1. The van der Waals surface area contributed by atoms with Gasteiger partial charge in [0.2, 0.25) is 0 Å². The highest BCUT2D eigenvalue weighted by molar-refractivity contribution is 5.42. The summed E-state index contributed by atoms with van der Waals surface area (Å²) in [5.41, 5.74) is 6.97. The third-order valence-electron chi connectivity index (χ3n) is 2.68. The van der Waals surface area contributed by atoms with Gasteiger partial charge in [-0.05, 0) is 23.8 Å². The minimum Gasteiger partial charge on any atom is -0.399 e. The van der Waals surface area contributed by atoms with E-state index in [9.17, 15) is 9.18 Å². The monoisotopic (exact) mass is 262 g/mol. The van der Waals surface area contributed by atoms with E-state index in [1.54, 1.807) is 17.2 Å². The molecule has 0 saturated carbocycles. The number of halogens is 1. The van der Waals surface area contributed by atoms with E-state index in [1.807, 2.05) is 14.1 Å². The summed E-state index contributed by atoms with van der Waals surface area (Å²) >= 11 is 0. The molecular weight excluding hydrogens is 247 g/mol. The summed E-state index contributed by atoms with van der Waals surface area (Å²) < 4.78 is 14.5. The van der Waals surface area contributed by atoms with Gasteiger partial charge in [0.05, 0.1) is 18.4 Å². The molecule has 100 valence electrons. The molecule has 0 spiro atoms. The van der Waals surface area contributed by atoms with E-state index in [0.29, 0.717) is 11.3 Å². The molecule has 0 unspecified atom stereocenters. The van der Waals surface area contributed by atoms with Crippen LogP contribution < -0.4 is 16.2 Å². The van der Waals surface area contributed by atoms with E-state index in [4.69, 9.17) is 5.73 Å². The van der Waals surface area contributed by atoms with E-state index < -0.39 is 5.82 Å². The summed E-state index contributed by atoms with van der Waals surface area (Å²) in [7, 11) is 3.65. The molecule has 1 aromatic heterocycles. The number of nitrogens with two attached hydrogens (primary N) is 1. The molecule has 1 heterocycles. The minimum atomic E-state index is -0.423. The molecule has 1 aromatic carbocycles. The average Bonchev–Trinajstić information content (AvgIpc) is 2.30. The third-order valence-corrected chi connectivity index (χ3v) is 2.68. The first kappa shape index (κ1) is 13.1. The zero-order valence-electron chi connectivity index (χ0n) is 10.8. The van der Waals surface area contributed by atoms with Crippen LogP contribution in [0.25, 0.3) is 0 Å². The van der Waals surface area contributed by atoms with Gasteiger partial charge in [-0.15, -0.1) is 0 Å². The van der Waals surface area contributed by atoms with Gasteiger partial charge in [-0.1, -0.05) is 0 Å². The Kier molecular flexibility index (Phi) is 3.50. The smallest absolute Gasteiger partial charge is 0.269 e. The Morgan fingerprint density at radius 1 is 1.32 bits per heavy atom. The second-order valence-electron chi connectivity index (χ2n) is 4.50. The summed E-state index contributed by atoms with van der Waals surface area (Å²) in [6.45, 7) is 0.189. The maximum atomic E-state index is 13.2. The summed E-state index contributed by atoms with van der Waals surface area (Å²) in [5.74, 6) is -0.423. The van der Waals surface area contributed by atoms with Gasteiger partial charge < -0.3 is 10.6 Å². The van der Waals surface area contributed by atoms with Gasteiger partial charge in [0.15, 0.2) is 0 Å². The Morgan fingerprint density at radius 3 is 2.63 bits per heavy atom. The van der Waals surface area contributed by atoms with Crippen LogP contribution in [0.1, 0.15) is 5.56 Å². The fourth-order valence-corrected chi connectivity index (χ4v) is 1.73. The fourth-order valence-electron chi connectivity index (χ4n) is 1.73. The lowest BCUT2D eigenvalue weighted by Crippen LogP contribution is -2.24. The molecule has 0 fully saturated rings. The van der Waals surface area contributed by atoms with Crippen molar-refractivity contribution in [1.29, 1.82) is 0 Å². The Balaban J connectivity index is 2.31. The Morgan fingerprint density at radius 2 is 2.05 bits per heavy atom. The summed E-state index contributed by atoms with van der Waals surface area (Å²) in [6, 6.07) is 5.67. The second kappa shape index (κ2) is 5.09. The van der Waals surface area contributed by atoms with Crippen molar-refractivity contribution in [2.45, 2.75) is 6.54 Å². The number of nitrogen functional groups attached to an aromatic ring is 1. The number of hydrogen-bond acceptors (Lipinski definition) is 4. The van der Waals surface area contributed by atoms with Gasteiger partial charge in [-0.25, -0.2) is 9.07 Å². The molecule has 0 amide bonds. The highest BCUT2D eigenvalue weighted by Gasteiger charge is 2.04. The van der Waals surface area contributed by atoms with E-state index in [1.165, 1.54) is 22.9 Å². The normalized spacial score (nSPS) is 10.5. The topological polar surface area (TPSA) is 64.2 Å². The first-order chi connectivity index (χ1) is 8.95. The van der Waals surface area contributed by atoms with Crippen molar-refractivity contribution in [2.24, 2.45) is 0 Å². The Hall–Kier alpha value is -2.37. The number of hydrogen-bond donors (Lipinski definition) is 1. The maximum Gasteiger partial charge on any atom is 0.269 e. The van der Waals surface area contributed by atoms with Gasteiger partial charge in [0, 0.05) is 25.8 Å². The van der Waals surface area contributed by atoms with Crippen molar-refractivity contribution in [3.8, 4) is 0 Å². The fraction of sp³-hybridized carbons (Fsp3) is 0.231. The van der Waals surface area contributed by atoms with Gasteiger partial charge in [-0.3, -0.25) is 4.79 Å². The first-order valence-electron chi connectivity index (χ1n) is 5.75. The van der Waals surface area contributed by atoms with Crippen molar-refractivity contribution in [2.75, 3.05) is 24.7 Å². The zero-order valence-corrected chi connectivity index (χ0v) is 10.8. The number of rotatable bonds is 3. The summed E-state index contributed by atoms with van der Waals surface area (Å²) in [5, 5.41) is 4.05. The van der Waals surface area contributed by atoms with Crippen LogP contribution in [0, 0.1) is 5.82 Å². The first-order valence-corrected chi connectivity index (χ1v) is 5.75. The van der Waals surface area contributed by atoms with Crippen molar-refractivity contribution in [3.05, 3.63) is 52.2 Å². The number of nitrogens with zero attached hydrogens (tertiary/aromatic N) is 3. The van der Waals surface area contributed by atoms with E-state index in [-0.39, 0.29) is 12.1 Å². The van der Waals surface area contributed by atoms with Crippen molar-refractivity contribution in [3.63, 3.8) is 0 Å². The molecule has 2 rings (SSSR count). The molecule has 2 N–H and O–H groups in total. The highest BCUT2D eigenvalue weighted by Crippen LogP contribution is 2.11. The molecule has 6 heteroatoms. The largest absolute Gasteiger partial charge is 0.399 e. The molecule has 5 nitrogen and oxygen atoms in total. The number of aromatic nitrogens is 2. The molecule has 0 radical (unpaired) electrons. The molecule has 0 bridgehead atoms. The van der Waals surface area contributed by atoms with E-state index in [0.717, 1.165) is 5.69 Å². The standard InChI is InChI=1S/C13H15FN4O/c1-17(2)12-6-13(19)18(16-7-12)8-9-3-10(14)5-11(15)4-9/h3-7H,8,15H2,1-2H3. The van der Waals surface area contributed by atoms with Crippen LogP contribution in [0.15, 0.2) is 35.3 Å². The molecule has 0 atom stereocenters. The van der Waals surface area contributed by atoms with Gasteiger partial charge in [-0.2, -0.15) is 5.10 Å². The van der Waals surface area contributed by atoms with Crippen LogP contribution in [-0.4, -0.2) is 23.9 Å². The highest BCUT2D eigenvalue weighted by atomic mass is 19.1. The van der Waals surface area contributed by atoms with E-state index in [2.05, 4.69) is 5.10 Å². The van der Waals surface area contributed by atoms with Crippen LogP contribution in [0.2, 0.25) is 0 Å². The molecule has 0 aliphatic rings. The van der Waals surface area contributed by atoms with Gasteiger partial charge >= 0.3 is 0 Å². The summed E-state index contributed by atoms with van der Waals surface area (Å²) in [4.78, 5) is 13.7. The van der Waals surface area contributed by atoms with Crippen LogP contribution in [-0.2, 0) is 6.54 Å². The van der Waals surface area contributed by atoms with E-state index >= 15 is 0 Å². The second-order valence-corrected chi connectivity index (χ2v) is 4.50. The molecule has 0 aliphatic heterocycles. The molecule has 2 aromatic rings. The van der Waals surface area contributed by atoms with Crippen LogP contribution in [0.3, 0.4) is 0 Å². The Bertz CT molecular complexity index is 631. The lowest BCUT2D eigenvalue weighted by Gasteiger charge is -2.12. The molecule has 0 aliphatic carbocycles. The van der Waals surface area contributed by atoms with Crippen molar-refractivity contribution in [1.82, 2.24) is 9.78 Å². The molecular formula is C13H15FN4O. The van der Waals surface area contributed by atoms with Gasteiger partial charge in [0.1, 0.15) is 5.82 Å². The van der Waals surface area contributed by atoms with Crippen molar-refractivity contribution < 1.29 is 4.39 Å². The molecule has 19 heavy (non-hydrogen) atoms. The van der Waals surface area contributed by atoms with Crippen LogP contribution in [0.4, 0.5) is 15.8 Å². The quantitative estimate of drug-likeness (QED) is 0.841. The lowest BCUT2D eigenvalue weighted by atomic mass is 10.2. The van der Waals surface area contributed by atoms with Crippen LogP contribution >= 0.6 is 0 Å². The third kappa shape index (κ3) is 3.09. The van der Waals surface area contributed by atoms with Gasteiger partial charge in [0.25, 0.3) is 5.56 Å². The predicted octanol–water partition coefficient (Wildman–Crippen LogP) is 1.08. The average molecular weight is 262 g/mol. The lowest BCUT2D eigenvalue weighted by molar-refractivity contribution is 0.611. The van der Waals surface area contributed by atoms with Crippen molar-refractivity contribution >= 4 is 11.4 Å². The predicted molar refractivity (Wildman–Crippen MR) is 72.7 cm³/mol. The SMILES string of the molecule is CN(C)c1cnn(Cc2cc(N)cc(F)c2)c(=O)c1. The zero-order chi connectivity index (χ0) is 14.0. The van der Waals surface area contributed by atoms with Crippen LogP contribution in [0.5, 0.6) is 0 Å².